The molecule has 2 aliphatic rings. The molecule has 0 aromatic heterocycles. The average Bonchev–Trinajstić information content (AvgIpc) is 2.78. The number of nitriles is 1. The van der Waals surface area contributed by atoms with Gasteiger partial charge in [0, 0.05) is 13.1 Å². The summed E-state index contributed by atoms with van der Waals surface area (Å²) in [7, 11) is 0. The van der Waals surface area contributed by atoms with Gasteiger partial charge in [0.25, 0.3) is 0 Å². The van der Waals surface area contributed by atoms with Crippen LogP contribution >= 0.6 is 0 Å². The molecule has 1 saturated carbocycles. The minimum Gasteiger partial charge on any atom is -0.342 e. The van der Waals surface area contributed by atoms with Crippen LogP contribution in [0.15, 0.2) is 0 Å². The molecule has 14 heavy (non-hydrogen) atoms. The first kappa shape index (κ1) is 9.51. The van der Waals surface area contributed by atoms with Crippen LogP contribution in [0.25, 0.3) is 0 Å². The SMILES string of the molecule is CC(C)C1CN(C(=O)[C@@H]2C[C@H]2C#N)C1. The highest BCUT2D eigenvalue weighted by atomic mass is 16.2. The van der Waals surface area contributed by atoms with Crippen molar-refractivity contribution in [3.63, 3.8) is 0 Å². The van der Waals surface area contributed by atoms with E-state index >= 15 is 0 Å². The molecule has 2 atom stereocenters. The van der Waals surface area contributed by atoms with Crippen LogP contribution < -0.4 is 0 Å². The normalized spacial score (nSPS) is 31.1. The fourth-order valence-electron chi connectivity index (χ4n) is 1.96. The molecule has 76 valence electrons. The average molecular weight is 192 g/mol. The number of hydrogen-bond acceptors (Lipinski definition) is 2. The van der Waals surface area contributed by atoms with Crippen molar-refractivity contribution in [2.24, 2.45) is 23.7 Å². The Balaban J connectivity index is 1.78. The number of likely N-dealkylation sites (tertiary alicyclic amines) is 1. The van der Waals surface area contributed by atoms with Crippen LogP contribution in [0.2, 0.25) is 0 Å². The summed E-state index contributed by atoms with van der Waals surface area (Å²) in [6.07, 6.45) is 0.790. The standard InChI is InChI=1S/C11H16N2O/c1-7(2)9-5-13(6-9)11(14)10-3-8(10)4-12/h7-10H,3,5-6H2,1-2H3/t8-,10+/m0/s1. The lowest BCUT2D eigenvalue weighted by Gasteiger charge is -2.41. The number of hydrogen-bond donors (Lipinski definition) is 0. The van der Waals surface area contributed by atoms with Crippen LogP contribution in [0, 0.1) is 35.0 Å². The monoisotopic (exact) mass is 192 g/mol. The van der Waals surface area contributed by atoms with Gasteiger partial charge >= 0.3 is 0 Å². The minimum atomic E-state index is 0.0144. The molecule has 0 bridgehead atoms. The lowest BCUT2D eigenvalue weighted by atomic mass is 9.88. The Labute approximate surface area is 84.7 Å². The van der Waals surface area contributed by atoms with E-state index in [0.717, 1.165) is 19.5 Å². The van der Waals surface area contributed by atoms with E-state index in [9.17, 15) is 4.79 Å². The number of carbonyl (C=O) groups is 1. The van der Waals surface area contributed by atoms with Crippen LogP contribution in [0.3, 0.4) is 0 Å². The highest BCUT2D eigenvalue weighted by molar-refractivity contribution is 5.83. The van der Waals surface area contributed by atoms with Crippen LogP contribution in [-0.2, 0) is 4.79 Å². The summed E-state index contributed by atoms with van der Waals surface area (Å²) in [6, 6.07) is 2.16. The fraction of sp³-hybridized carbons (Fsp3) is 0.818. The lowest BCUT2D eigenvalue weighted by Crippen LogP contribution is -2.52. The third kappa shape index (κ3) is 1.50. The third-order valence-corrected chi connectivity index (χ3v) is 3.44. The van der Waals surface area contributed by atoms with Crippen molar-refractivity contribution in [2.75, 3.05) is 13.1 Å². The van der Waals surface area contributed by atoms with Gasteiger partial charge in [-0.15, -0.1) is 0 Å². The Kier molecular flexibility index (Phi) is 2.22. The minimum absolute atomic E-state index is 0.0144. The van der Waals surface area contributed by atoms with Crippen molar-refractivity contribution >= 4 is 5.91 Å². The summed E-state index contributed by atoms with van der Waals surface area (Å²) >= 11 is 0. The number of nitrogens with zero attached hydrogens (tertiary/aromatic N) is 2. The second-order valence-electron chi connectivity index (χ2n) is 4.83. The lowest BCUT2D eigenvalue weighted by molar-refractivity contribution is -0.140. The number of carbonyl (C=O) groups excluding carboxylic acids is 1. The van der Waals surface area contributed by atoms with Crippen molar-refractivity contribution in [3.05, 3.63) is 0 Å². The molecular formula is C11H16N2O. The molecule has 3 nitrogen and oxygen atoms in total. The van der Waals surface area contributed by atoms with Crippen molar-refractivity contribution in [3.8, 4) is 6.07 Å². The summed E-state index contributed by atoms with van der Waals surface area (Å²) in [4.78, 5) is 13.6. The van der Waals surface area contributed by atoms with Gasteiger partial charge in [-0.05, 0) is 18.3 Å². The third-order valence-electron chi connectivity index (χ3n) is 3.44. The molecule has 1 aliphatic heterocycles. The molecule has 1 heterocycles. The van der Waals surface area contributed by atoms with Gasteiger partial charge in [-0.3, -0.25) is 4.79 Å². The Bertz CT molecular complexity index is 286. The molecule has 0 N–H and O–H groups in total. The maximum absolute atomic E-state index is 11.7. The quantitative estimate of drug-likeness (QED) is 0.661. The van der Waals surface area contributed by atoms with Crippen LogP contribution in [0.1, 0.15) is 20.3 Å². The Morgan fingerprint density at radius 1 is 1.50 bits per heavy atom. The van der Waals surface area contributed by atoms with Crippen molar-refractivity contribution in [1.29, 1.82) is 5.26 Å². The summed E-state index contributed by atoms with van der Waals surface area (Å²) in [6.45, 7) is 6.21. The highest BCUT2D eigenvalue weighted by Crippen LogP contribution is 2.40. The smallest absolute Gasteiger partial charge is 0.227 e. The molecule has 1 aliphatic carbocycles. The Morgan fingerprint density at radius 2 is 2.14 bits per heavy atom. The summed E-state index contributed by atoms with van der Waals surface area (Å²) in [5.74, 6) is 1.62. The zero-order valence-electron chi connectivity index (χ0n) is 8.73. The van der Waals surface area contributed by atoms with E-state index in [0.29, 0.717) is 11.8 Å². The Morgan fingerprint density at radius 3 is 2.57 bits per heavy atom. The van der Waals surface area contributed by atoms with Crippen molar-refractivity contribution in [2.45, 2.75) is 20.3 Å². The van der Waals surface area contributed by atoms with Crippen molar-refractivity contribution in [1.82, 2.24) is 4.90 Å². The van der Waals surface area contributed by atoms with E-state index in [-0.39, 0.29) is 17.7 Å². The van der Waals surface area contributed by atoms with Crippen LogP contribution in [-0.4, -0.2) is 23.9 Å². The summed E-state index contributed by atoms with van der Waals surface area (Å²) in [5, 5.41) is 8.62. The topological polar surface area (TPSA) is 44.1 Å². The molecule has 0 unspecified atom stereocenters. The summed E-state index contributed by atoms with van der Waals surface area (Å²) in [5.41, 5.74) is 0. The van der Waals surface area contributed by atoms with Crippen molar-refractivity contribution < 1.29 is 4.79 Å². The molecule has 0 spiro atoms. The molecular weight excluding hydrogens is 176 g/mol. The molecule has 0 aromatic rings. The molecule has 2 fully saturated rings. The second-order valence-corrected chi connectivity index (χ2v) is 4.83. The van der Waals surface area contributed by atoms with Gasteiger partial charge in [0.05, 0.1) is 17.9 Å². The second kappa shape index (κ2) is 3.27. The fourth-order valence-corrected chi connectivity index (χ4v) is 1.96. The molecule has 0 aromatic carbocycles. The Hall–Kier alpha value is -1.04. The molecule has 1 saturated heterocycles. The zero-order valence-corrected chi connectivity index (χ0v) is 8.73. The van der Waals surface area contributed by atoms with Crippen LogP contribution in [0.4, 0.5) is 0 Å². The van der Waals surface area contributed by atoms with Gasteiger partial charge < -0.3 is 4.90 Å². The van der Waals surface area contributed by atoms with E-state index in [4.69, 9.17) is 5.26 Å². The largest absolute Gasteiger partial charge is 0.342 e. The van der Waals surface area contributed by atoms with Gasteiger partial charge in [-0.1, -0.05) is 13.8 Å². The predicted octanol–water partition coefficient (Wildman–Crippen LogP) is 1.26. The van der Waals surface area contributed by atoms with E-state index in [1.54, 1.807) is 0 Å². The highest BCUT2D eigenvalue weighted by Gasteiger charge is 2.47. The summed E-state index contributed by atoms with van der Waals surface area (Å²) < 4.78 is 0. The predicted molar refractivity (Wildman–Crippen MR) is 52.1 cm³/mol. The molecule has 3 heteroatoms. The first-order chi connectivity index (χ1) is 6.63. The number of rotatable bonds is 2. The van der Waals surface area contributed by atoms with E-state index in [1.807, 2.05) is 4.90 Å². The van der Waals surface area contributed by atoms with Gasteiger partial charge in [0.1, 0.15) is 0 Å². The van der Waals surface area contributed by atoms with Crippen LogP contribution in [0.5, 0.6) is 0 Å². The first-order valence-electron chi connectivity index (χ1n) is 5.32. The first-order valence-corrected chi connectivity index (χ1v) is 5.32. The molecule has 1 amide bonds. The van der Waals surface area contributed by atoms with Gasteiger partial charge in [-0.2, -0.15) is 5.26 Å². The molecule has 0 radical (unpaired) electrons. The number of amides is 1. The van der Waals surface area contributed by atoms with E-state index < -0.39 is 0 Å². The maximum atomic E-state index is 11.7. The molecule has 2 rings (SSSR count). The van der Waals surface area contributed by atoms with Gasteiger partial charge in [0.2, 0.25) is 5.91 Å². The van der Waals surface area contributed by atoms with Gasteiger partial charge in [0.15, 0.2) is 0 Å². The van der Waals surface area contributed by atoms with E-state index in [2.05, 4.69) is 19.9 Å². The zero-order chi connectivity index (χ0) is 10.3. The van der Waals surface area contributed by atoms with Gasteiger partial charge in [-0.25, -0.2) is 0 Å². The maximum Gasteiger partial charge on any atom is 0.227 e. The van der Waals surface area contributed by atoms with E-state index in [1.165, 1.54) is 0 Å².